The maximum atomic E-state index is 10.4. The van der Waals surface area contributed by atoms with Gasteiger partial charge in [0.1, 0.15) is 0 Å². The monoisotopic (exact) mass is 268 g/mol. The third-order valence-electron chi connectivity index (χ3n) is 4.78. The van der Waals surface area contributed by atoms with Gasteiger partial charge in [-0.05, 0) is 19.3 Å². The van der Waals surface area contributed by atoms with Crippen LogP contribution in [0.15, 0.2) is 0 Å². The molecule has 1 N–H and O–H groups in total. The number of rotatable bonds is 11. The van der Waals surface area contributed by atoms with Crippen molar-refractivity contribution in [3.05, 3.63) is 0 Å². The molecule has 0 aromatic heterocycles. The van der Waals surface area contributed by atoms with E-state index in [1.807, 2.05) is 0 Å². The molecule has 1 heteroatoms. The normalized spacial score (nSPS) is 18.6. The van der Waals surface area contributed by atoms with E-state index in [-0.39, 0.29) is 5.60 Å². The van der Waals surface area contributed by atoms with Gasteiger partial charge in [-0.3, -0.25) is 0 Å². The predicted molar refractivity (Wildman–Crippen MR) is 84.5 cm³/mol. The molecule has 0 radical (unpaired) electrons. The van der Waals surface area contributed by atoms with Gasteiger partial charge < -0.3 is 5.11 Å². The molecule has 0 saturated heterocycles. The first-order chi connectivity index (χ1) is 9.27. The zero-order chi connectivity index (χ0) is 13.8. The van der Waals surface area contributed by atoms with Gasteiger partial charge in [-0.2, -0.15) is 0 Å². The van der Waals surface area contributed by atoms with E-state index < -0.39 is 0 Å². The van der Waals surface area contributed by atoms with E-state index in [9.17, 15) is 5.11 Å². The smallest absolute Gasteiger partial charge is 0.0647 e. The Bertz CT molecular complexity index is 194. The first kappa shape index (κ1) is 17.0. The molecule has 0 aromatic carbocycles. The molecule has 114 valence electrons. The highest BCUT2D eigenvalue weighted by Crippen LogP contribution is 2.32. The van der Waals surface area contributed by atoms with Crippen molar-refractivity contribution in [2.24, 2.45) is 0 Å². The average molecular weight is 268 g/mol. The van der Waals surface area contributed by atoms with Crippen molar-refractivity contribution in [1.29, 1.82) is 0 Å². The number of aliphatic hydroxyl groups is 1. The van der Waals surface area contributed by atoms with Crippen LogP contribution in [-0.2, 0) is 0 Å². The van der Waals surface area contributed by atoms with Gasteiger partial charge in [-0.15, -0.1) is 0 Å². The average Bonchev–Trinajstić information content (AvgIpc) is 2.42. The van der Waals surface area contributed by atoms with Crippen molar-refractivity contribution in [2.75, 3.05) is 0 Å². The second-order valence-electron chi connectivity index (χ2n) is 6.72. The molecule has 0 aromatic rings. The molecule has 1 fully saturated rings. The van der Waals surface area contributed by atoms with Crippen LogP contribution in [0.1, 0.15) is 110 Å². The van der Waals surface area contributed by atoms with E-state index >= 15 is 0 Å². The molecule has 0 aliphatic heterocycles. The van der Waals surface area contributed by atoms with Gasteiger partial charge in [0.05, 0.1) is 5.60 Å². The van der Waals surface area contributed by atoms with Gasteiger partial charge in [-0.1, -0.05) is 90.4 Å². The lowest BCUT2D eigenvalue weighted by molar-refractivity contribution is -0.00587. The van der Waals surface area contributed by atoms with E-state index in [0.29, 0.717) is 0 Å². The van der Waals surface area contributed by atoms with E-state index in [0.717, 1.165) is 19.3 Å². The molecule has 1 nitrogen and oxygen atoms in total. The number of hydrogen-bond donors (Lipinski definition) is 1. The van der Waals surface area contributed by atoms with Crippen molar-refractivity contribution in [2.45, 2.75) is 115 Å². The SMILES string of the molecule is CCCCCCCCCCCCC1(O)CCCCC1. The molecule has 0 unspecified atom stereocenters. The molecule has 0 amide bonds. The van der Waals surface area contributed by atoms with Crippen LogP contribution in [0.4, 0.5) is 0 Å². The molecule has 1 aliphatic carbocycles. The van der Waals surface area contributed by atoms with Crippen LogP contribution in [0.25, 0.3) is 0 Å². The van der Waals surface area contributed by atoms with Crippen LogP contribution >= 0.6 is 0 Å². The standard InChI is InChI=1S/C18H36O/c1-2-3-4-5-6-7-8-9-10-12-15-18(19)16-13-11-14-17-18/h19H,2-17H2,1H3. The van der Waals surface area contributed by atoms with Crippen molar-refractivity contribution >= 4 is 0 Å². The Kier molecular flexibility index (Phi) is 9.59. The minimum absolute atomic E-state index is 0.279. The van der Waals surface area contributed by atoms with Gasteiger partial charge >= 0.3 is 0 Å². The summed E-state index contributed by atoms with van der Waals surface area (Å²) in [7, 11) is 0. The third kappa shape index (κ3) is 8.68. The fraction of sp³-hybridized carbons (Fsp3) is 1.00. The summed E-state index contributed by atoms with van der Waals surface area (Å²) in [6.45, 7) is 2.28. The van der Waals surface area contributed by atoms with Crippen LogP contribution in [0.2, 0.25) is 0 Å². The molecule has 1 saturated carbocycles. The van der Waals surface area contributed by atoms with Gasteiger partial charge in [0.25, 0.3) is 0 Å². The Hall–Kier alpha value is -0.0400. The summed E-state index contributed by atoms with van der Waals surface area (Å²) < 4.78 is 0. The van der Waals surface area contributed by atoms with E-state index in [4.69, 9.17) is 0 Å². The second kappa shape index (κ2) is 10.7. The molecule has 19 heavy (non-hydrogen) atoms. The van der Waals surface area contributed by atoms with Crippen LogP contribution in [0.5, 0.6) is 0 Å². The Morgan fingerprint density at radius 2 is 1.16 bits per heavy atom. The van der Waals surface area contributed by atoms with E-state index in [2.05, 4.69) is 6.92 Å². The van der Waals surface area contributed by atoms with Crippen LogP contribution < -0.4 is 0 Å². The summed E-state index contributed by atoms with van der Waals surface area (Å²) in [5.74, 6) is 0. The van der Waals surface area contributed by atoms with E-state index in [1.54, 1.807) is 0 Å². The minimum atomic E-state index is -0.279. The van der Waals surface area contributed by atoms with Gasteiger partial charge in [-0.25, -0.2) is 0 Å². The number of hydrogen-bond acceptors (Lipinski definition) is 1. The van der Waals surface area contributed by atoms with E-state index in [1.165, 1.54) is 83.5 Å². The first-order valence-electron chi connectivity index (χ1n) is 8.99. The summed E-state index contributed by atoms with van der Waals surface area (Å²) >= 11 is 0. The highest BCUT2D eigenvalue weighted by molar-refractivity contribution is 4.81. The fourth-order valence-corrected chi connectivity index (χ4v) is 3.40. The second-order valence-corrected chi connectivity index (χ2v) is 6.72. The minimum Gasteiger partial charge on any atom is -0.390 e. The zero-order valence-corrected chi connectivity index (χ0v) is 13.3. The van der Waals surface area contributed by atoms with Gasteiger partial charge in [0.15, 0.2) is 0 Å². The van der Waals surface area contributed by atoms with Crippen LogP contribution in [0, 0.1) is 0 Å². The molecular formula is C18H36O. The first-order valence-corrected chi connectivity index (χ1v) is 8.99. The number of unbranched alkanes of at least 4 members (excludes halogenated alkanes) is 9. The third-order valence-corrected chi connectivity index (χ3v) is 4.78. The van der Waals surface area contributed by atoms with Crippen LogP contribution in [-0.4, -0.2) is 10.7 Å². The highest BCUT2D eigenvalue weighted by Gasteiger charge is 2.27. The summed E-state index contributed by atoms with van der Waals surface area (Å²) in [5.41, 5.74) is -0.279. The van der Waals surface area contributed by atoms with Crippen molar-refractivity contribution in [3.63, 3.8) is 0 Å². The summed E-state index contributed by atoms with van der Waals surface area (Å²) in [4.78, 5) is 0. The summed E-state index contributed by atoms with van der Waals surface area (Å²) in [5, 5.41) is 10.4. The van der Waals surface area contributed by atoms with Crippen molar-refractivity contribution < 1.29 is 5.11 Å². The summed E-state index contributed by atoms with van der Waals surface area (Å²) in [6.07, 6.45) is 20.9. The Morgan fingerprint density at radius 3 is 1.68 bits per heavy atom. The molecule has 0 atom stereocenters. The lowest BCUT2D eigenvalue weighted by Gasteiger charge is -2.32. The highest BCUT2D eigenvalue weighted by atomic mass is 16.3. The van der Waals surface area contributed by atoms with Crippen LogP contribution in [0.3, 0.4) is 0 Å². The maximum absolute atomic E-state index is 10.4. The van der Waals surface area contributed by atoms with Crippen molar-refractivity contribution in [1.82, 2.24) is 0 Å². The molecule has 1 rings (SSSR count). The quantitative estimate of drug-likeness (QED) is 0.456. The van der Waals surface area contributed by atoms with Gasteiger partial charge in [0.2, 0.25) is 0 Å². The Morgan fingerprint density at radius 1 is 0.684 bits per heavy atom. The summed E-state index contributed by atoms with van der Waals surface area (Å²) in [6, 6.07) is 0. The maximum Gasteiger partial charge on any atom is 0.0647 e. The topological polar surface area (TPSA) is 20.2 Å². The Labute approximate surface area is 121 Å². The largest absolute Gasteiger partial charge is 0.390 e. The predicted octanol–water partition coefficient (Wildman–Crippen LogP) is 5.99. The Balaban J connectivity index is 1.83. The lowest BCUT2D eigenvalue weighted by atomic mass is 9.81. The zero-order valence-electron chi connectivity index (χ0n) is 13.3. The molecule has 0 bridgehead atoms. The van der Waals surface area contributed by atoms with Crippen molar-refractivity contribution in [3.8, 4) is 0 Å². The molecule has 1 aliphatic rings. The fourth-order valence-electron chi connectivity index (χ4n) is 3.40. The molecule has 0 heterocycles. The molecular weight excluding hydrogens is 232 g/mol. The van der Waals surface area contributed by atoms with Gasteiger partial charge in [0, 0.05) is 0 Å². The molecule has 0 spiro atoms. The lowest BCUT2D eigenvalue weighted by Crippen LogP contribution is -2.30.